The maximum absolute atomic E-state index is 12.1. The fraction of sp³-hybridized carbons (Fsp3) is 0.364. The van der Waals surface area contributed by atoms with E-state index in [0.717, 1.165) is 11.4 Å². The predicted octanol–water partition coefficient (Wildman–Crippen LogP) is 1.61. The van der Waals surface area contributed by atoms with Gasteiger partial charge in [-0.15, -0.1) is 0 Å². The summed E-state index contributed by atoms with van der Waals surface area (Å²) in [7, 11) is 0. The predicted molar refractivity (Wildman–Crippen MR) is 59.0 cm³/mol. The molecule has 0 aliphatic heterocycles. The van der Waals surface area contributed by atoms with Gasteiger partial charge in [-0.3, -0.25) is 4.79 Å². The monoisotopic (exact) mass is 218 g/mol. The maximum Gasteiger partial charge on any atom is 0.150 e. The van der Waals surface area contributed by atoms with Crippen LogP contribution in [0.1, 0.15) is 37.1 Å². The number of ketones is 1. The fourth-order valence-electron chi connectivity index (χ4n) is 1.69. The molecule has 5 nitrogen and oxygen atoms in total. The molecule has 0 amide bonds. The molecule has 0 radical (unpaired) electrons. The van der Waals surface area contributed by atoms with Crippen molar-refractivity contribution >= 4 is 5.78 Å². The van der Waals surface area contributed by atoms with Crippen LogP contribution in [0.2, 0.25) is 0 Å². The van der Waals surface area contributed by atoms with Gasteiger partial charge >= 0.3 is 0 Å². The molecule has 2 heterocycles. The Labute approximate surface area is 93.3 Å². The van der Waals surface area contributed by atoms with E-state index in [9.17, 15) is 4.79 Å². The van der Waals surface area contributed by atoms with Gasteiger partial charge in [-0.1, -0.05) is 0 Å². The average molecular weight is 218 g/mol. The van der Waals surface area contributed by atoms with E-state index in [1.165, 1.54) is 0 Å². The maximum atomic E-state index is 12.1. The van der Waals surface area contributed by atoms with Gasteiger partial charge in [-0.2, -0.15) is 0 Å². The van der Waals surface area contributed by atoms with Gasteiger partial charge in [0.15, 0.2) is 0 Å². The summed E-state index contributed by atoms with van der Waals surface area (Å²) >= 11 is 0. The highest BCUT2D eigenvalue weighted by Crippen LogP contribution is 2.23. The first-order chi connectivity index (χ1) is 7.70. The number of nitrogens with one attached hydrogen (secondary N) is 2. The summed E-state index contributed by atoms with van der Waals surface area (Å²) in [4.78, 5) is 25.9. The average Bonchev–Trinajstić information content (AvgIpc) is 2.97. The summed E-state index contributed by atoms with van der Waals surface area (Å²) in [6, 6.07) is 0. The highest BCUT2D eigenvalue weighted by atomic mass is 16.1. The second kappa shape index (κ2) is 4.30. The molecule has 2 atom stereocenters. The van der Waals surface area contributed by atoms with Crippen LogP contribution in [-0.4, -0.2) is 25.7 Å². The first kappa shape index (κ1) is 10.6. The van der Waals surface area contributed by atoms with E-state index in [-0.39, 0.29) is 17.6 Å². The standard InChI is InChI=1S/C11H14N4O/c1-7(9-3-12-5-14-9)11(16)8(2)10-4-13-6-15-10/h3-8H,1-2H3,(H,12,14)(H,13,15). The van der Waals surface area contributed by atoms with Gasteiger partial charge < -0.3 is 9.97 Å². The third-order valence-corrected chi connectivity index (χ3v) is 2.83. The van der Waals surface area contributed by atoms with Crippen LogP contribution in [0.5, 0.6) is 0 Å². The summed E-state index contributed by atoms with van der Waals surface area (Å²) in [5.74, 6) is -0.213. The van der Waals surface area contributed by atoms with Crippen molar-refractivity contribution in [2.24, 2.45) is 0 Å². The summed E-state index contributed by atoms with van der Waals surface area (Å²) in [5.41, 5.74) is 1.69. The largest absolute Gasteiger partial charge is 0.348 e. The van der Waals surface area contributed by atoms with Crippen LogP contribution in [-0.2, 0) is 4.79 Å². The molecule has 2 unspecified atom stereocenters. The summed E-state index contributed by atoms with van der Waals surface area (Å²) in [5, 5.41) is 0. The van der Waals surface area contributed by atoms with E-state index in [2.05, 4.69) is 19.9 Å². The molecule has 0 aliphatic rings. The molecule has 0 fully saturated rings. The van der Waals surface area contributed by atoms with Crippen molar-refractivity contribution in [3.05, 3.63) is 36.4 Å². The molecule has 16 heavy (non-hydrogen) atoms. The number of imidazole rings is 2. The third-order valence-electron chi connectivity index (χ3n) is 2.83. The fourth-order valence-corrected chi connectivity index (χ4v) is 1.69. The smallest absolute Gasteiger partial charge is 0.150 e. The van der Waals surface area contributed by atoms with Crippen molar-refractivity contribution in [3.63, 3.8) is 0 Å². The molecular weight excluding hydrogens is 204 g/mol. The lowest BCUT2D eigenvalue weighted by Gasteiger charge is -2.13. The minimum absolute atomic E-state index is 0.147. The van der Waals surface area contributed by atoms with Crippen molar-refractivity contribution in [1.29, 1.82) is 0 Å². The lowest BCUT2D eigenvalue weighted by Crippen LogP contribution is -2.17. The van der Waals surface area contributed by atoms with Crippen molar-refractivity contribution in [3.8, 4) is 0 Å². The molecule has 84 valence electrons. The SMILES string of the molecule is CC(C(=O)C(C)c1cnc[nH]1)c1cnc[nH]1. The van der Waals surface area contributed by atoms with Gasteiger partial charge in [-0.25, -0.2) is 9.97 Å². The molecule has 0 saturated carbocycles. The van der Waals surface area contributed by atoms with Crippen LogP contribution in [0.3, 0.4) is 0 Å². The van der Waals surface area contributed by atoms with E-state index >= 15 is 0 Å². The molecule has 0 aliphatic carbocycles. The van der Waals surface area contributed by atoms with Crippen molar-refractivity contribution in [1.82, 2.24) is 19.9 Å². The Hall–Kier alpha value is -1.91. The Balaban J connectivity index is 2.14. The Morgan fingerprint density at radius 3 is 1.81 bits per heavy atom. The van der Waals surface area contributed by atoms with Crippen LogP contribution in [0, 0.1) is 0 Å². The molecule has 5 heteroatoms. The van der Waals surface area contributed by atoms with E-state index in [0.29, 0.717) is 0 Å². The number of carbonyl (C=O) groups is 1. The van der Waals surface area contributed by atoms with Gasteiger partial charge in [-0.05, 0) is 13.8 Å². The Morgan fingerprint density at radius 1 is 1.06 bits per heavy atom. The lowest BCUT2D eigenvalue weighted by molar-refractivity contribution is -0.121. The van der Waals surface area contributed by atoms with Crippen LogP contribution < -0.4 is 0 Å². The first-order valence-electron chi connectivity index (χ1n) is 5.20. The van der Waals surface area contributed by atoms with E-state index in [1.54, 1.807) is 25.0 Å². The molecular formula is C11H14N4O. The quantitative estimate of drug-likeness (QED) is 0.818. The Bertz CT molecular complexity index is 404. The zero-order valence-electron chi connectivity index (χ0n) is 9.27. The molecule has 0 aromatic carbocycles. The van der Waals surface area contributed by atoms with Crippen molar-refractivity contribution in [2.45, 2.75) is 25.7 Å². The van der Waals surface area contributed by atoms with E-state index < -0.39 is 0 Å². The Morgan fingerprint density at radius 2 is 1.50 bits per heavy atom. The van der Waals surface area contributed by atoms with Crippen molar-refractivity contribution < 1.29 is 4.79 Å². The number of rotatable bonds is 4. The van der Waals surface area contributed by atoms with Crippen LogP contribution in [0.25, 0.3) is 0 Å². The first-order valence-corrected chi connectivity index (χ1v) is 5.20. The van der Waals surface area contributed by atoms with E-state index in [4.69, 9.17) is 0 Å². The zero-order chi connectivity index (χ0) is 11.5. The summed E-state index contributed by atoms with van der Waals surface area (Å²) in [6.07, 6.45) is 6.53. The number of aromatic nitrogens is 4. The number of hydrogen-bond acceptors (Lipinski definition) is 3. The minimum Gasteiger partial charge on any atom is -0.348 e. The highest BCUT2D eigenvalue weighted by molar-refractivity contribution is 5.90. The molecule has 2 aromatic rings. The minimum atomic E-state index is -0.180. The second-order valence-electron chi connectivity index (χ2n) is 3.86. The number of Topliss-reactive ketones (excluding diaryl/α,β-unsaturated/α-hetero) is 1. The topological polar surface area (TPSA) is 74.4 Å². The number of nitrogens with zero attached hydrogens (tertiary/aromatic N) is 2. The van der Waals surface area contributed by atoms with Gasteiger partial charge in [0.2, 0.25) is 0 Å². The molecule has 2 aromatic heterocycles. The number of hydrogen-bond donors (Lipinski definition) is 2. The van der Waals surface area contributed by atoms with E-state index in [1.807, 2.05) is 13.8 Å². The van der Waals surface area contributed by atoms with Gasteiger partial charge in [0.1, 0.15) is 5.78 Å². The van der Waals surface area contributed by atoms with Crippen LogP contribution in [0.4, 0.5) is 0 Å². The molecule has 0 spiro atoms. The highest BCUT2D eigenvalue weighted by Gasteiger charge is 2.24. The molecule has 2 N–H and O–H groups in total. The van der Waals surface area contributed by atoms with Crippen LogP contribution >= 0.6 is 0 Å². The van der Waals surface area contributed by atoms with Crippen LogP contribution in [0.15, 0.2) is 25.0 Å². The molecule has 0 bridgehead atoms. The van der Waals surface area contributed by atoms with Gasteiger partial charge in [0.05, 0.1) is 24.5 Å². The van der Waals surface area contributed by atoms with Gasteiger partial charge in [0, 0.05) is 23.8 Å². The number of aromatic amines is 2. The number of carbonyl (C=O) groups excluding carboxylic acids is 1. The molecule has 0 saturated heterocycles. The summed E-state index contributed by atoms with van der Waals surface area (Å²) < 4.78 is 0. The summed E-state index contributed by atoms with van der Waals surface area (Å²) in [6.45, 7) is 3.76. The normalized spacial score (nSPS) is 14.6. The lowest BCUT2D eigenvalue weighted by atomic mass is 9.91. The Kier molecular flexibility index (Phi) is 2.85. The second-order valence-corrected chi connectivity index (χ2v) is 3.86. The zero-order valence-corrected chi connectivity index (χ0v) is 9.27. The third kappa shape index (κ3) is 1.88. The van der Waals surface area contributed by atoms with Gasteiger partial charge in [0.25, 0.3) is 0 Å². The number of H-pyrrole nitrogens is 2. The molecule has 2 rings (SSSR count). The van der Waals surface area contributed by atoms with Crippen molar-refractivity contribution in [2.75, 3.05) is 0 Å².